The van der Waals surface area contributed by atoms with Gasteiger partial charge in [0.25, 0.3) is 5.24 Å². The summed E-state index contributed by atoms with van der Waals surface area (Å²) in [4.78, 5) is 12.4. The monoisotopic (exact) mass is 220 g/mol. The lowest BCUT2D eigenvalue weighted by molar-refractivity contribution is 0.255. The van der Waals surface area contributed by atoms with Crippen molar-refractivity contribution >= 4 is 17.0 Å². The van der Waals surface area contributed by atoms with Crippen LogP contribution in [-0.2, 0) is 0 Å². The molecule has 1 N–H and O–H groups in total. The van der Waals surface area contributed by atoms with E-state index in [0.29, 0.717) is 0 Å². The number of hydrogen-bond acceptors (Lipinski definition) is 3. The fourth-order valence-electron chi connectivity index (χ4n) is 0.904. The van der Waals surface area contributed by atoms with Gasteiger partial charge in [0, 0.05) is 4.90 Å². The molecule has 3 nitrogen and oxygen atoms in total. The first-order valence-electron chi connectivity index (χ1n) is 4.50. The molecule has 1 aromatic carbocycles. The van der Waals surface area contributed by atoms with Gasteiger partial charge in [0.15, 0.2) is 0 Å². The molecule has 0 atom stereocenters. The summed E-state index contributed by atoms with van der Waals surface area (Å²) in [6, 6.07) is 11.3. The molecule has 0 fully saturated rings. The molecule has 0 bridgehead atoms. The summed E-state index contributed by atoms with van der Waals surface area (Å²) < 4.78 is 0. The number of nitrogens with zero attached hydrogens (tertiary/aromatic N) is 1. The average Bonchev–Trinajstić information content (AvgIpc) is 2.18. The van der Waals surface area contributed by atoms with Crippen LogP contribution in [0.1, 0.15) is 13.8 Å². The zero-order valence-electron chi connectivity index (χ0n) is 8.65. The van der Waals surface area contributed by atoms with Crippen LogP contribution in [-0.4, -0.2) is 10.8 Å². The number of nitriles is 1. The van der Waals surface area contributed by atoms with Crippen molar-refractivity contribution in [3.05, 3.63) is 30.3 Å². The molecule has 0 aliphatic rings. The Morgan fingerprint density at radius 1 is 1.40 bits per heavy atom. The molecule has 0 spiro atoms. The lowest BCUT2D eigenvalue weighted by Gasteiger charge is -2.16. The molecule has 0 unspecified atom stereocenters. The highest BCUT2D eigenvalue weighted by Gasteiger charge is 2.19. The Kier molecular flexibility index (Phi) is 3.75. The summed E-state index contributed by atoms with van der Waals surface area (Å²) in [6.07, 6.45) is 0. The van der Waals surface area contributed by atoms with E-state index in [1.165, 1.54) is 0 Å². The first kappa shape index (κ1) is 11.6. The molecular formula is C11H12N2OS. The van der Waals surface area contributed by atoms with Gasteiger partial charge < -0.3 is 5.32 Å². The molecule has 1 amide bonds. The van der Waals surface area contributed by atoms with Gasteiger partial charge in [0.05, 0.1) is 6.07 Å². The molecule has 1 rings (SSSR count). The van der Waals surface area contributed by atoms with Crippen LogP contribution in [0.5, 0.6) is 0 Å². The summed E-state index contributed by atoms with van der Waals surface area (Å²) in [5.74, 6) is 0. The Morgan fingerprint density at radius 2 is 2.00 bits per heavy atom. The lowest BCUT2D eigenvalue weighted by atomic mass is 10.1. The topological polar surface area (TPSA) is 52.9 Å². The third-order valence-corrected chi connectivity index (χ3v) is 2.44. The van der Waals surface area contributed by atoms with E-state index in [1.54, 1.807) is 13.8 Å². The van der Waals surface area contributed by atoms with Crippen molar-refractivity contribution in [2.24, 2.45) is 0 Å². The van der Waals surface area contributed by atoms with E-state index >= 15 is 0 Å². The van der Waals surface area contributed by atoms with E-state index in [1.807, 2.05) is 36.4 Å². The minimum absolute atomic E-state index is 0.215. The van der Waals surface area contributed by atoms with Crippen LogP contribution in [0.3, 0.4) is 0 Å². The molecule has 0 aliphatic carbocycles. The standard InChI is InChI=1S/C11H12N2OS/c1-11(2,8-12)13-10(14)15-9-6-4-3-5-7-9/h3-7H,1-2H3,(H,13,14). The highest BCUT2D eigenvalue weighted by Crippen LogP contribution is 2.18. The average molecular weight is 220 g/mol. The fraction of sp³-hybridized carbons (Fsp3) is 0.273. The number of rotatable bonds is 2. The van der Waals surface area contributed by atoms with E-state index in [4.69, 9.17) is 5.26 Å². The Labute approximate surface area is 93.5 Å². The van der Waals surface area contributed by atoms with Crippen LogP contribution in [0, 0.1) is 11.3 Å². The number of benzene rings is 1. The molecule has 0 aliphatic heterocycles. The predicted molar refractivity (Wildman–Crippen MR) is 60.5 cm³/mol. The molecule has 0 radical (unpaired) electrons. The minimum Gasteiger partial charge on any atom is -0.329 e. The maximum Gasteiger partial charge on any atom is 0.285 e. The SMILES string of the molecule is CC(C)(C#N)NC(=O)Sc1ccccc1. The maximum atomic E-state index is 11.5. The van der Waals surface area contributed by atoms with Crippen LogP contribution in [0.2, 0.25) is 0 Å². The van der Waals surface area contributed by atoms with Crippen LogP contribution in [0.15, 0.2) is 35.2 Å². The highest BCUT2D eigenvalue weighted by atomic mass is 32.2. The Morgan fingerprint density at radius 3 is 2.53 bits per heavy atom. The van der Waals surface area contributed by atoms with Crippen molar-refractivity contribution in [1.29, 1.82) is 5.26 Å². The van der Waals surface area contributed by atoms with Gasteiger partial charge in [-0.1, -0.05) is 18.2 Å². The predicted octanol–water partition coefficient (Wildman–Crippen LogP) is 2.79. The summed E-state index contributed by atoms with van der Waals surface area (Å²) in [6.45, 7) is 3.33. The van der Waals surface area contributed by atoms with Crippen molar-refractivity contribution in [3.8, 4) is 6.07 Å². The van der Waals surface area contributed by atoms with Crippen LogP contribution in [0.4, 0.5) is 4.79 Å². The maximum absolute atomic E-state index is 11.5. The van der Waals surface area contributed by atoms with Crippen LogP contribution >= 0.6 is 11.8 Å². The molecule has 15 heavy (non-hydrogen) atoms. The van der Waals surface area contributed by atoms with Gasteiger partial charge in [-0.15, -0.1) is 0 Å². The minimum atomic E-state index is -0.821. The fourth-order valence-corrected chi connectivity index (χ4v) is 1.72. The van der Waals surface area contributed by atoms with Crippen molar-refractivity contribution in [2.75, 3.05) is 0 Å². The summed E-state index contributed by atoms with van der Waals surface area (Å²) in [5.41, 5.74) is -0.821. The van der Waals surface area contributed by atoms with Gasteiger partial charge in [0.2, 0.25) is 0 Å². The van der Waals surface area contributed by atoms with Crippen molar-refractivity contribution in [3.63, 3.8) is 0 Å². The number of amides is 1. The van der Waals surface area contributed by atoms with E-state index in [0.717, 1.165) is 16.7 Å². The van der Waals surface area contributed by atoms with Crippen molar-refractivity contribution in [1.82, 2.24) is 5.32 Å². The lowest BCUT2D eigenvalue weighted by Crippen LogP contribution is -2.39. The van der Waals surface area contributed by atoms with Gasteiger partial charge in [-0.05, 0) is 37.7 Å². The molecule has 78 valence electrons. The normalized spacial score (nSPS) is 10.5. The number of carbonyl (C=O) groups is 1. The third-order valence-electron chi connectivity index (χ3n) is 1.65. The zero-order valence-corrected chi connectivity index (χ0v) is 9.47. The molecule has 0 aromatic heterocycles. The largest absolute Gasteiger partial charge is 0.329 e. The van der Waals surface area contributed by atoms with Crippen LogP contribution in [0.25, 0.3) is 0 Å². The van der Waals surface area contributed by atoms with E-state index in [2.05, 4.69) is 5.32 Å². The number of thioether (sulfide) groups is 1. The highest BCUT2D eigenvalue weighted by molar-refractivity contribution is 8.13. The summed E-state index contributed by atoms with van der Waals surface area (Å²) in [7, 11) is 0. The first-order chi connectivity index (χ1) is 7.03. The zero-order chi connectivity index (χ0) is 11.3. The smallest absolute Gasteiger partial charge is 0.285 e. The Bertz CT molecular complexity index is 381. The second-order valence-corrected chi connectivity index (χ2v) is 4.61. The molecule has 0 heterocycles. The number of carbonyl (C=O) groups excluding carboxylic acids is 1. The van der Waals surface area contributed by atoms with Crippen LogP contribution < -0.4 is 5.32 Å². The van der Waals surface area contributed by atoms with E-state index in [9.17, 15) is 4.79 Å². The third kappa shape index (κ3) is 4.05. The number of nitrogens with one attached hydrogen (secondary N) is 1. The molecular weight excluding hydrogens is 208 g/mol. The Hall–Kier alpha value is -1.47. The second-order valence-electron chi connectivity index (χ2n) is 3.56. The van der Waals surface area contributed by atoms with E-state index < -0.39 is 5.54 Å². The first-order valence-corrected chi connectivity index (χ1v) is 5.31. The van der Waals surface area contributed by atoms with Gasteiger partial charge in [-0.25, -0.2) is 0 Å². The number of hydrogen-bond donors (Lipinski definition) is 1. The van der Waals surface area contributed by atoms with Crippen molar-refractivity contribution in [2.45, 2.75) is 24.3 Å². The van der Waals surface area contributed by atoms with Gasteiger partial charge >= 0.3 is 0 Å². The van der Waals surface area contributed by atoms with Crippen molar-refractivity contribution < 1.29 is 4.79 Å². The van der Waals surface area contributed by atoms with Gasteiger partial charge in [-0.2, -0.15) is 5.26 Å². The Balaban J connectivity index is 2.55. The summed E-state index contributed by atoms with van der Waals surface area (Å²) in [5, 5.41) is 11.1. The molecule has 4 heteroatoms. The van der Waals surface area contributed by atoms with E-state index in [-0.39, 0.29) is 5.24 Å². The summed E-state index contributed by atoms with van der Waals surface area (Å²) >= 11 is 1.08. The van der Waals surface area contributed by atoms with Gasteiger partial charge in [0.1, 0.15) is 5.54 Å². The quantitative estimate of drug-likeness (QED) is 0.780. The second kappa shape index (κ2) is 4.85. The molecule has 1 aromatic rings. The van der Waals surface area contributed by atoms with Gasteiger partial charge in [-0.3, -0.25) is 4.79 Å². The molecule has 0 saturated carbocycles. The molecule has 0 saturated heterocycles.